The number of nitrogens with one attached hydrogen (secondary N) is 1. The first-order valence-corrected chi connectivity index (χ1v) is 8.72. The van der Waals surface area contributed by atoms with Crippen molar-refractivity contribution in [3.8, 4) is 11.5 Å². The number of aryl methyl sites for hydroxylation is 2. The molecule has 7 nitrogen and oxygen atoms in total. The Kier molecular flexibility index (Phi) is 4.65. The van der Waals surface area contributed by atoms with Gasteiger partial charge in [0.25, 0.3) is 0 Å². The van der Waals surface area contributed by atoms with Crippen molar-refractivity contribution in [2.24, 2.45) is 0 Å². The molecule has 136 valence electrons. The number of hydrogen-bond donors (Lipinski definition) is 1. The van der Waals surface area contributed by atoms with E-state index in [-0.39, 0.29) is 5.91 Å². The third-order valence-corrected chi connectivity index (χ3v) is 4.06. The van der Waals surface area contributed by atoms with Gasteiger partial charge in [-0.2, -0.15) is 0 Å². The summed E-state index contributed by atoms with van der Waals surface area (Å²) in [5.41, 5.74) is 3.01. The zero-order valence-electron chi connectivity index (χ0n) is 14.8. The molecule has 0 saturated heterocycles. The number of oxazole rings is 1. The lowest BCUT2D eigenvalue weighted by Crippen LogP contribution is -2.11. The molecule has 4 aromatic rings. The van der Waals surface area contributed by atoms with E-state index in [0.29, 0.717) is 48.2 Å². The molecule has 27 heavy (non-hydrogen) atoms. The molecular formula is C20H18N4O3. The van der Waals surface area contributed by atoms with Gasteiger partial charge in [0.05, 0.1) is 0 Å². The second kappa shape index (κ2) is 7.41. The van der Waals surface area contributed by atoms with E-state index in [1.54, 1.807) is 25.1 Å². The van der Waals surface area contributed by atoms with E-state index in [1.807, 2.05) is 30.3 Å². The average molecular weight is 362 g/mol. The zero-order chi connectivity index (χ0) is 18.6. The Morgan fingerprint density at radius 1 is 1.07 bits per heavy atom. The number of rotatable bonds is 6. The predicted molar refractivity (Wildman–Crippen MR) is 100 cm³/mol. The molecule has 0 radical (unpaired) electrons. The third kappa shape index (κ3) is 4.03. The topological polar surface area (TPSA) is 94.1 Å². The van der Waals surface area contributed by atoms with Crippen molar-refractivity contribution >= 4 is 22.7 Å². The number of anilines is 1. The summed E-state index contributed by atoms with van der Waals surface area (Å²) in [6.45, 7) is 1.79. The van der Waals surface area contributed by atoms with Crippen LogP contribution in [0.25, 0.3) is 22.6 Å². The fourth-order valence-electron chi connectivity index (χ4n) is 2.80. The van der Waals surface area contributed by atoms with Crippen molar-refractivity contribution in [2.75, 3.05) is 5.32 Å². The monoisotopic (exact) mass is 362 g/mol. The van der Waals surface area contributed by atoms with Crippen LogP contribution in [-0.2, 0) is 11.2 Å². The van der Waals surface area contributed by atoms with Gasteiger partial charge in [0, 0.05) is 31.0 Å². The van der Waals surface area contributed by atoms with E-state index in [9.17, 15) is 4.79 Å². The number of amides is 1. The van der Waals surface area contributed by atoms with Gasteiger partial charge in [0.1, 0.15) is 5.52 Å². The fourth-order valence-corrected chi connectivity index (χ4v) is 2.80. The Morgan fingerprint density at radius 3 is 2.78 bits per heavy atom. The molecule has 0 spiro atoms. The Labute approximate surface area is 155 Å². The number of benzene rings is 2. The number of carbonyl (C=O) groups is 1. The molecular weight excluding hydrogens is 344 g/mol. The van der Waals surface area contributed by atoms with E-state index in [2.05, 4.69) is 20.5 Å². The van der Waals surface area contributed by atoms with E-state index in [4.69, 9.17) is 8.83 Å². The second-order valence-corrected chi connectivity index (χ2v) is 6.18. The Bertz CT molecular complexity index is 1070. The first-order chi connectivity index (χ1) is 13.2. The largest absolute Gasteiger partial charge is 0.441 e. The van der Waals surface area contributed by atoms with Crippen LogP contribution in [0.5, 0.6) is 0 Å². The fraction of sp³-hybridized carbons (Fsp3) is 0.200. The second-order valence-electron chi connectivity index (χ2n) is 6.18. The van der Waals surface area contributed by atoms with Crippen LogP contribution in [0.2, 0.25) is 0 Å². The van der Waals surface area contributed by atoms with Gasteiger partial charge in [-0.25, -0.2) is 4.98 Å². The lowest BCUT2D eigenvalue weighted by Gasteiger charge is -2.04. The van der Waals surface area contributed by atoms with Crippen LogP contribution in [-0.4, -0.2) is 21.1 Å². The molecule has 4 rings (SSSR count). The minimum absolute atomic E-state index is 0.0719. The first kappa shape index (κ1) is 17.0. The summed E-state index contributed by atoms with van der Waals surface area (Å²) >= 11 is 0. The highest BCUT2D eigenvalue weighted by atomic mass is 16.4. The Morgan fingerprint density at radius 2 is 1.93 bits per heavy atom. The van der Waals surface area contributed by atoms with Crippen LogP contribution in [0.4, 0.5) is 5.69 Å². The Balaban J connectivity index is 1.29. The summed E-state index contributed by atoms with van der Waals surface area (Å²) < 4.78 is 11.1. The third-order valence-electron chi connectivity index (χ3n) is 4.06. The van der Waals surface area contributed by atoms with Crippen LogP contribution in [0, 0.1) is 6.92 Å². The van der Waals surface area contributed by atoms with E-state index in [1.165, 1.54) is 0 Å². The molecule has 2 heterocycles. The van der Waals surface area contributed by atoms with Gasteiger partial charge < -0.3 is 14.2 Å². The van der Waals surface area contributed by atoms with Crippen molar-refractivity contribution in [3.63, 3.8) is 0 Å². The van der Waals surface area contributed by atoms with Gasteiger partial charge in [0.2, 0.25) is 17.7 Å². The predicted octanol–water partition coefficient (Wildman–Crippen LogP) is 4.15. The number of carbonyl (C=O) groups excluding carboxylic acids is 1. The molecule has 0 saturated carbocycles. The lowest BCUT2D eigenvalue weighted by molar-refractivity contribution is -0.116. The SMILES string of the molecule is Cc1nc2cc(NC(=O)CCCc3nnc(-c4ccccc4)o3)ccc2o1. The molecule has 0 unspecified atom stereocenters. The summed E-state index contributed by atoms with van der Waals surface area (Å²) in [7, 11) is 0. The van der Waals surface area contributed by atoms with Gasteiger partial charge in [-0.15, -0.1) is 10.2 Å². The Hall–Kier alpha value is -3.48. The summed E-state index contributed by atoms with van der Waals surface area (Å²) in [6, 6.07) is 15.0. The molecule has 0 aliphatic heterocycles. The number of aromatic nitrogens is 3. The molecule has 0 aliphatic carbocycles. The standard InChI is InChI=1S/C20H18N4O3/c1-13-21-16-12-15(10-11-17(16)26-13)22-18(25)8-5-9-19-23-24-20(27-19)14-6-3-2-4-7-14/h2-4,6-7,10-12H,5,8-9H2,1H3,(H,22,25). The summed E-state index contributed by atoms with van der Waals surface area (Å²) in [6.07, 6.45) is 1.53. The normalized spacial score (nSPS) is 11.0. The smallest absolute Gasteiger partial charge is 0.247 e. The highest BCUT2D eigenvalue weighted by molar-refractivity contribution is 5.92. The van der Waals surface area contributed by atoms with E-state index < -0.39 is 0 Å². The quantitative estimate of drug-likeness (QED) is 0.554. The van der Waals surface area contributed by atoms with E-state index >= 15 is 0 Å². The van der Waals surface area contributed by atoms with E-state index in [0.717, 1.165) is 11.1 Å². The van der Waals surface area contributed by atoms with Crippen LogP contribution in [0.1, 0.15) is 24.6 Å². The van der Waals surface area contributed by atoms with Crippen LogP contribution < -0.4 is 5.32 Å². The van der Waals surface area contributed by atoms with Crippen molar-refractivity contribution in [1.29, 1.82) is 0 Å². The summed E-state index contributed by atoms with van der Waals surface area (Å²) in [5.74, 6) is 1.55. The van der Waals surface area contributed by atoms with Crippen molar-refractivity contribution in [3.05, 3.63) is 60.3 Å². The average Bonchev–Trinajstić information content (AvgIpc) is 3.28. The number of nitrogens with zero attached hydrogens (tertiary/aromatic N) is 3. The molecule has 0 atom stereocenters. The van der Waals surface area contributed by atoms with Crippen LogP contribution in [0.3, 0.4) is 0 Å². The molecule has 0 aliphatic rings. The molecule has 0 bridgehead atoms. The number of hydrogen-bond acceptors (Lipinski definition) is 6. The minimum Gasteiger partial charge on any atom is -0.441 e. The number of fused-ring (bicyclic) bond motifs is 1. The first-order valence-electron chi connectivity index (χ1n) is 8.72. The molecule has 1 N–H and O–H groups in total. The van der Waals surface area contributed by atoms with Crippen molar-refractivity contribution in [2.45, 2.75) is 26.2 Å². The molecule has 2 aromatic heterocycles. The van der Waals surface area contributed by atoms with Gasteiger partial charge in [-0.1, -0.05) is 18.2 Å². The summed E-state index contributed by atoms with van der Waals surface area (Å²) in [4.78, 5) is 16.4. The highest BCUT2D eigenvalue weighted by Crippen LogP contribution is 2.20. The summed E-state index contributed by atoms with van der Waals surface area (Å²) in [5, 5.41) is 11.0. The maximum absolute atomic E-state index is 12.1. The molecule has 1 amide bonds. The maximum atomic E-state index is 12.1. The van der Waals surface area contributed by atoms with Crippen LogP contribution >= 0.6 is 0 Å². The van der Waals surface area contributed by atoms with Gasteiger partial charge in [0.15, 0.2) is 11.5 Å². The van der Waals surface area contributed by atoms with Crippen molar-refractivity contribution < 1.29 is 13.6 Å². The van der Waals surface area contributed by atoms with Crippen molar-refractivity contribution in [1.82, 2.24) is 15.2 Å². The molecule has 0 fully saturated rings. The highest BCUT2D eigenvalue weighted by Gasteiger charge is 2.10. The van der Waals surface area contributed by atoms with Gasteiger partial charge in [-0.3, -0.25) is 4.79 Å². The molecule has 2 aromatic carbocycles. The zero-order valence-corrected chi connectivity index (χ0v) is 14.8. The maximum Gasteiger partial charge on any atom is 0.247 e. The lowest BCUT2D eigenvalue weighted by atomic mass is 10.2. The van der Waals surface area contributed by atoms with Gasteiger partial charge >= 0.3 is 0 Å². The molecule has 7 heteroatoms. The van der Waals surface area contributed by atoms with Gasteiger partial charge in [-0.05, 0) is 36.8 Å². The minimum atomic E-state index is -0.0719. The van der Waals surface area contributed by atoms with Crippen LogP contribution in [0.15, 0.2) is 57.4 Å².